The number of piperidine rings is 1. The van der Waals surface area contributed by atoms with E-state index in [9.17, 15) is 18.4 Å². The number of nitrogens with zero attached hydrogens (tertiary/aromatic N) is 3. The van der Waals surface area contributed by atoms with Crippen LogP contribution < -0.4 is 9.47 Å². The lowest BCUT2D eigenvalue weighted by atomic mass is 10.0. The molecule has 3 rings (SSSR count). The minimum atomic E-state index is -3.07. The second kappa shape index (κ2) is 6.81. The number of halogens is 2. The van der Waals surface area contributed by atoms with Gasteiger partial charge in [-0.3, -0.25) is 9.69 Å². The molecule has 9 heteroatoms. The molecule has 1 atom stereocenters. The Bertz CT molecular complexity index is 653. The van der Waals surface area contributed by atoms with Crippen LogP contribution in [0.3, 0.4) is 0 Å². The van der Waals surface area contributed by atoms with Crippen LogP contribution in [0.25, 0.3) is 0 Å². The van der Waals surface area contributed by atoms with E-state index in [1.807, 2.05) is 0 Å². The van der Waals surface area contributed by atoms with Crippen LogP contribution in [0.5, 0.6) is 11.6 Å². The highest BCUT2D eigenvalue weighted by Gasteiger charge is 2.46. The van der Waals surface area contributed by atoms with E-state index in [1.54, 1.807) is 0 Å². The van der Waals surface area contributed by atoms with Crippen molar-refractivity contribution in [3.8, 4) is 11.6 Å². The average molecular weight is 355 g/mol. The van der Waals surface area contributed by atoms with Crippen LogP contribution in [0.15, 0.2) is 18.3 Å². The monoisotopic (exact) mass is 355 g/mol. The summed E-state index contributed by atoms with van der Waals surface area (Å²) in [5, 5.41) is 0. The molecule has 0 bridgehead atoms. The molecule has 2 amide bonds. The van der Waals surface area contributed by atoms with Crippen molar-refractivity contribution in [2.24, 2.45) is 0 Å². The smallest absolute Gasteiger partial charge is 0.415 e. The van der Waals surface area contributed by atoms with Crippen LogP contribution in [0.2, 0.25) is 0 Å². The second-order valence-electron chi connectivity index (χ2n) is 6.19. The molecule has 1 unspecified atom stereocenters. The number of rotatable bonds is 3. The van der Waals surface area contributed by atoms with Crippen LogP contribution in [-0.4, -0.2) is 65.5 Å². The Labute approximate surface area is 143 Å². The van der Waals surface area contributed by atoms with Crippen molar-refractivity contribution in [2.75, 3.05) is 26.7 Å². The summed E-state index contributed by atoms with van der Waals surface area (Å²) in [6.45, 7) is -0.247. The fourth-order valence-corrected chi connectivity index (χ4v) is 3.19. The number of carbonyl (C=O) groups excluding carboxylic acids is 2. The topological polar surface area (TPSA) is 72.0 Å². The normalized spacial score (nSPS) is 22.8. The lowest BCUT2D eigenvalue weighted by Crippen LogP contribution is -2.57. The highest BCUT2D eigenvalue weighted by Crippen LogP contribution is 2.31. The van der Waals surface area contributed by atoms with E-state index in [-0.39, 0.29) is 18.2 Å². The van der Waals surface area contributed by atoms with Gasteiger partial charge in [-0.2, -0.15) is 0 Å². The summed E-state index contributed by atoms with van der Waals surface area (Å²) in [4.78, 5) is 30.4. The van der Waals surface area contributed by atoms with Gasteiger partial charge >= 0.3 is 6.09 Å². The second-order valence-corrected chi connectivity index (χ2v) is 6.19. The van der Waals surface area contributed by atoms with E-state index in [0.717, 1.165) is 4.90 Å². The Morgan fingerprint density at radius 2 is 2.20 bits per heavy atom. The van der Waals surface area contributed by atoms with Gasteiger partial charge in [-0.05, 0) is 12.5 Å². The molecule has 0 radical (unpaired) electrons. The maximum atomic E-state index is 14.1. The molecule has 25 heavy (non-hydrogen) atoms. The number of hydrogen-bond acceptors (Lipinski definition) is 5. The summed E-state index contributed by atoms with van der Waals surface area (Å²) in [7, 11) is 1.45. The minimum Gasteiger partial charge on any atom is -0.481 e. The molecule has 2 aliphatic rings. The summed E-state index contributed by atoms with van der Waals surface area (Å²) in [5.74, 6) is -2.73. The van der Waals surface area contributed by atoms with Crippen LogP contribution in [0.4, 0.5) is 13.6 Å². The van der Waals surface area contributed by atoms with Crippen molar-refractivity contribution < 1.29 is 27.8 Å². The van der Waals surface area contributed by atoms with E-state index in [0.29, 0.717) is 25.3 Å². The van der Waals surface area contributed by atoms with Crippen molar-refractivity contribution >= 4 is 12.0 Å². The first-order valence-corrected chi connectivity index (χ1v) is 8.02. The lowest BCUT2D eigenvalue weighted by molar-refractivity contribution is -0.135. The van der Waals surface area contributed by atoms with E-state index >= 15 is 0 Å². The number of pyridine rings is 1. The predicted molar refractivity (Wildman–Crippen MR) is 82.7 cm³/mol. The van der Waals surface area contributed by atoms with E-state index in [1.165, 1.54) is 30.3 Å². The molecule has 2 saturated heterocycles. The zero-order valence-corrected chi connectivity index (χ0v) is 13.8. The quantitative estimate of drug-likeness (QED) is 0.828. The number of carbonyl (C=O) groups is 2. The maximum absolute atomic E-state index is 14.1. The Kier molecular flexibility index (Phi) is 4.73. The van der Waals surface area contributed by atoms with Crippen molar-refractivity contribution in [2.45, 2.75) is 31.2 Å². The molecule has 0 N–H and O–H groups in total. The van der Waals surface area contributed by atoms with Gasteiger partial charge in [0.1, 0.15) is 0 Å². The third kappa shape index (κ3) is 3.97. The van der Waals surface area contributed by atoms with Gasteiger partial charge in [0.05, 0.1) is 25.9 Å². The largest absolute Gasteiger partial charge is 0.481 e. The first-order chi connectivity index (χ1) is 11.9. The van der Waals surface area contributed by atoms with E-state index in [4.69, 9.17) is 9.47 Å². The highest BCUT2D eigenvalue weighted by atomic mass is 19.3. The summed E-state index contributed by atoms with van der Waals surface area (Å²) in [6.07, 6.45) is 0.975. The third-order valence-corrected chi connectivity index (χ3v) is 4.32. The van der Waals surface area contributed by atoms with Crippen LogP contribution >= 0.6 is 0 Å². The number of hydrogen-bond donors (Lipinski definition) is 0. The summed E-state index contributed by atoms with van der Waals surface area (Å²) < 4.78 is 38.2. The minimum absolute atomic E-state index is 0.0315. The molecule has 3 heterocycles. The summed E-state index contributed by atoms with van der Waals surface area (Å²) in [6, 6.07) is 2.27. The lowest BCUT2D eigenvalue weighted by Gasteiger charge is -2.40. The molecule has 7 nitrogen and oxygen atoms in total. The van der Waals surface area contributed by atoms with Crippen molar-refractivity contribution in [1.82, 2.24) is 14.8 Å². The zero-order valence-electron chi connectivity index (χ0n) is 13.8. The van der Waals surface area contributed by atoms with Gasteiger partial charge in [0.2, 0.25) is 11.8 Å². The van der Waals surface area contributed by atoms with E-state index < -0.39 is 31.0 Å². The Morgan fingerprint density at radius 3 is 2.80 bits per heavy atom. The highest BCUT2D eigenvalue weighted by molar-refractivity contribution is 5.78. The standard InChI is InChI=1S/C16H19F2N3O4/c1-24-13-5-4-12(8-19-13)25-15(23)20-9-11(7-16(17,18)10-20)21-6-2-3-14(21)22/h4-5,8,11H,2-3,6-7,9-10H2,1H3. The Balaban J connectivity index is 1.68. The Morgan fingerprint density at radius 1 is 1.40 bits per heavy atom. The number of likely N-dealkylation sites (tertiary alicyclic amines) is 2. The fourth-order valence-electron chi connectivity index (χ4n) is 3.19. The van der Waals surface area contributed by atoms with Crippen LogP contribution in [0, 0.1) is 0 Å². The molecular formula is C16H19F2N3O4. The number of methoxy groups -OCH3 is 1. The first-order valence-electron chi connectivity index (χ1n) is 8.02. The van der Waals surface area contributed by atoms with Crippen molar-refractivity contribution in [3.05, 3.63) is 18.3 Å². The van der Waals surface area contributed by atoms with Crippen LogP contribution in [0.1, 0.15) is 19.3 Å². The summed E-state index contributed by atoms with van der Waals surface area (Å²) >= 11 is 0. The van der Waals surface area contributed by atoms with Gasteiger partial charge in [0, 0.05) is 32.0 Å². The molecule has 1 aromatic heterocycles. The maximum Gasteiger partial charge on any atom is 0.415 e. The fraction of sp³-hybridized carbons (Fsp3) is 0.562. The first kappa shape index (κ1) is 17.4. The van der Waals surface area contributed by atoms with Crippen molar-refractivity contribution in [3.63, 3.8) is 0 Å². The molecule has 2 aliphatic heterocycles. The Hall–Kier alpha value is -2.45. The third-order valence-electron chi connectivity index (χ3n) is 4.32. The SMILES string of the molecule is COc1ccc(OC(=O)N2CC(N3CCCC3=O)CC(F)(F)C2)cn1. The number of alkyl halides is 2. The number of aromatic nitrogens is 1. The van der Waals surface area contributed by atoms with Gasteiger partial charge in [-0.25, -0.2) is 18.6 Å². The van der Waals surface area contributed by atoms with Gasteiger partial charge in [0.25, 0.3) is 5.92 Å². The molecule has 0 aliphatic carbocycles. The zero-order chi connectivity index (χ0) is 18.0. The molecule has 136 valence electrons. The van der Waals surface area contributed by atoms with E-state index in [2.05, 4.69) is 4.98 Å². The van der Waals surface area contributed by atoms with Gasteiger partial charge in [-0.15, -0.1) is 0 Å². The predicted octanol–water partition coefficient (Wildman–Crippen LogP) is 1.92. The molecule has 0 spiro atoms. The van der Waals surface area contributed by atoms with Crippen LogP contribution in [-0.2, 0) is 4.79 Å². The van der Waals surface area contributed by atoms with Gasteiger partial charge < -0.3 is 14.4 Å². The molecule has 0 saturated carbocycles. The molecular weight excluding hydrogens is 336 g/mol. The average Bonchev–Trinajstić information content (AvgIpc) is 3.00. The molecule has 0 aromatic carbocycles. The summed E-state index contributed by atoms with van der Waals surface area (Å²) in [5.41, 5.74) is 0. The molecule has 2 fully saturated rings. The number of ether oxygens (including phenoxy) is 2. The van der Waals surface area contributed by atoms with Gasteiger partial charge in [-0.1, -0.05) is 0 Å². The molecule has 1 aromatic rings. The number of amides is 2. The van der Waals surface area contributed by atoms with Crippen molar-refractivity contribution in [1.29, 1.82) is 0 Å². The van der Waals surface area contributed by atoms with Gasteiger partial charge in [0.15, 0.2) is 5.75 Å².